The van der Waals surface area contributed by atoms with Gasteiger partial charge in [0.1, 0.15) is 12.1 Å². The van der Waals surface area contributed by atoms with Crippen LogP contribution in [0.4, 0.5) is 5.69 Å². The summed E-state index contributed by atoms with van der Waals surface area (Å²) in [7, 11) is 0. The Kier molecular flexibility index (Phi) is 2.69. The predicted molar refractivity (Wildman–Crippen MR) is 73.1 cm³/mol. The maximum atomic E-state index is 11.3. The van der Waals surface area contributed by atoms with E-state index in [-0.39, 0.29) is 17.5 Å². The van der Waals surface area contributed by atoms with Gasteiger partial charge in [-0.1, -0.05) is 12.1 Å². The van der Waals surface area contributed by atoms with Gasteiger partial charge in [0.2, 0.25) is 5.91 Å². The molecule has 1 amide bonds. The number of hydrogen-bond acceptors (Lipinski definition) is 4. The number of carbonyl (C=O) groups excluding carboxylic acids is 1. The van der Waals surface area contributed by atoms with Crippen LogP contribution in [0.2, 0.25) is 0 Å². The molecule has 1 spiro atoms. The van der Waals surface area contributed by atoms with E-state index in [2.05, 4.69) is 16.4 Å². The fraction of sp³-hybridized carbons (Fsp3) is 0.429. The van der Waals surface area contributed by atoms with Gasteiger partial charge in [0, 0.05) is 19.0 Å². The average molecular weight is 259 g/mol. The molecule has 0 bridgehead atoms. The van der Waals surface area contributed by atoms with Gasteiger partial charge in [0.25, 0.3) is 6.02 Å². The first-order valence-electron chi connectivity index (χ1n) is 6.44. The van der Waals surface area contributed by atoms with Crippen molar-refractivity contribution in [2.45, 2.75) is 31.7 Å². The summed E-state index contributed by atoms with van der Waals surface area (Å²) < 4.78 is 5.32. The number of hydrogen-bond donors (Lipinski definition) is 2. The molecule has 5 heteroatoms. The minimum absolute atomic E-state index is 0.0567. The molecule has 3 rings (SSSR count). The smallest absolute Gasteiger partial charge is 0.282 e. The second-order valence-electron chi connectivity index (χ2n) is 5.26. The lowest BCUT2D eigenvalue weighted by molar-refractivity contribution is -0.114. The lowest BCUT2D eigenvalue weighted by Gasteiger charge is -2.31. The van der Waals surface area contributed by atoms with Gasteiger partial charge >= 0.3 is 0 Å². The number of carbonyl (C=O) groups is 1. The molecule has 2 aliphatic rings. The Morgan fingerprint density at radius 1 is 1.53 bits per heavy atom. The molecule has 1 heterocycles. The van der Waals surface area contributed by atoms with E-state index >= 15 is 0 Å². The highest BCUT2D eigenvalue weighted by molar-refractivity contribution is 5.90. The van der Waals surface area contributed by atoms with Crippen molar-refractivity contribution in [3.05, 3.63) is 29.3 Å². The molecule has 1 atom stereocenters. The van der Waals surface area contributed by atoms with E-state index in [0.29, 0.717) is 6.61 Å². The van der Waals surface area contributed by atoms with Crippen LogP contribution >= 0.6 is 0 Å². The van der Waals surface area contributed by atoms with E-state index in [9.17, 15) is 4.79 Å². The summed E-state index contributed by atoms with van der Waals surface area (Å²) in [5.74, 6) is -0.0567. The van der Waals surface area contributed by atoms with E-state index in [4.69, 9.17) is 10.5 Å². The Labute approximate surface area is 111 Å². The van der Waals surface area contributed by atoms with Crippen LogP contribution in [0.15, 0.2) is 23.2 Å². The van der Waals surface area contributed by atoms with Crippen LogP contribution in [0.25, 0.3) is 0 Å². The molecule has 0 radical (unpaired) electrons. The number of amidine groups is 1. The Morgan fingerprint density at radius 3 is 3.05 bits per heavy atom. The van der Waals surface area contributed by atoms with Crippen molar-refractivity contribution < 1.29 is 9.53 Å². The fourth-order valence-corrected chi connectivity index (χ4v) is 2.89. The molecular formula is C14H17N3O2. The quantitative estimate of drug-likeness (QED) is 0.796. The van der Waals surface area contributed by atoms with Crippen LogP contribution in [0.5, 0.6) is 0 Å². The Balaban J connectivity index is 1.97. The standard InChI is InChI=1S/C14H17N3O2/c1-9(18)16-12-4-2-3-10-5-6-14(7-11(10)12)8-19-13(15)17-14/h2-4H,5-8H2,1H3,(H2,15,17)(H,16,18). The van der Waals surface area contributed by atoms with Crippen LogP contribution in [0.1, 0.15) is 24.5 Å². The summed E-state index contributed by atoms with van der Waals surface area (Å²) in [6.45, 7) is 2.06. The lowest BCUT2D eigenvalue weighted by atomic mass is 9.78. The number of nitrogens with one attached hydrogen (secondary N) is 1. The molecule has 1 aliphatic heterocycles. The molecule has 0 aromatic heterocycles. The molecule has 19 heavy (non-hydrogen) atoms. The van der Waals surface area contributed by atoms with Crippen molar-refractivity contribution in [2.75, 3.05) is 11.9 Å². The van der Waals surface area contributed by atoms with E-state index < -0.39 is 0 Å². The monoisotopic (exact) mass is 259 g/mol. The number of anilines is 1. The fourth-order valence-electron chi connectivity index (χ4n) is 2.89. The van der Waals surface area contributed by atoms with Crippen LogP contribution in [-0.2, 0) is 22.4 Å². The number of amides is 1. The van der Waals surface area contributed by atoms with Crippen LogP contribution in [-0.4, -0.2) is 24.1 Å². The highest BCUT2D eigenvalue weighted by Crippen LogP contribution is 2.37. The van der Waals surface area contributed by atoms with E-state index in [1.807, 2.05) is 12.1 Å². The van der Waals surface area contributed by atoms with Crippen molar-refractivity contribution >= 4 is 17.6 Å². The zero-order valence-electron chi connectivity index (χ0n) is 10.9. The molecule has 1 aromatic rings. The molecule has 1 aromatic carbocycles. The summed E-state index contributed by atoms with van der Waals surface area (Å²) in [5, 5.41) is 2.89. The number of aryl methyl sites for hydroxylation is 1. The van der Waals surface area contributed by atoms with Crippen molar-refractivity contribution in [2.24, 2.45) is 10.7 Å². The molecule has 100 valence electrons. The number of nitrogens with two attached hydrogens (primary N) is 1. The van der Waals surface area contributed by atoms with Crippen molar-refractivity contribution in [1.82, 2.24) is 0 Å². The van der Waals surface area contributed by atoms with Crippen molar-refractivity contribution in [3.8, 4) is 0 Å². The van der Waals surface area contributed by atoms with Gasteiger partial charge in [-0.2, -0.15) is 0 Å². The van der Waals surface area contributed by atoms with E-state index in [0.717, 1.165) is 30.5 Å². The van der Waals surface area contributed by atoms with Gasteiger partial charge in [-0.3, -0.25) is 4.79 Å². The SMILES string of the molecule is CC(=O)Nc1cccc2c1CC1(CC2)COC(N)=N1. The molecule has 1 unspecified atom stereocenters. The van der Waals surface area contributed by atoms with Crippen LogP contribution < -0.4 is 11.1 Å². The summed E-state index contributed by atoms with van der Waals surface area (Å²) in [4.78, 5) is 15.7. The molecule has 0 saturated heterocycles. The van der Waals surface area contributed by atoms with Gasteiger partial charge in [-0.05, 0) is 30.0 Å². The second-order valence-corrected chi connectivity index (χ2v) is 5.26. The molecule has 0 saturated carbocycles. The predicted octanol–water partition coefficient (Wildman–Crippen LogP) is 1.22. The second kappa shape index (κ2) is 4.26. The van der Waals surface area contributed by atoms with Crippen molar-refractivity contribution in [1.29, 1.82) is 0 Å². The third kappa shape index (κ3) is 2.16. The first-order chi connectivity index (χ1) is 9.08. The third-order valence-electron chi connectivity index (χ3n) is 3.79. The van der Waals surface area contributed by atoms with E-state index in [1.165, 1.54) is 12.5 Å². The summed E-state index contributed by atoms with van der Waals surface area (Å²) in [6, 6.07) is 6.30. The summed E-state index contributed by atoms with van der Waals surface area (Å²) in [6.07, 6.45) is 2.63. The van der Waals surface area contributed by atoms with Gasteiger partial charge in [-0.15, -0.1) is 0 Å². The highest BCUT2D eigenvalue weighted by atomic mass is 16.5. The van der Waals surface area contributed by atoms with Gasteiger partial charge in [0.15, 0.2) is 0 Å². The largest absolute Gasteiger partial charge is 0.463 e. The highest BCUT2D eigenvalue weighted by Gasteiger charge is 2.40. The maximum Gasteiger partial charge on any atom is 0.282 e. The number of fused-ring (bicyclic) bond motifs is 1. The Bertz CT molecular complexity index is 568. The van der Waals surface area contributed by atoms with E-state index in [1.54, 1.807) is 0 Å². The molecule has 3 N–H and O–H groups in total. The van der Waals surface area contributed by atoms with Gasteiger partial charge in [0.05, 0.1) is 0 Å². The normalized spacial score (nSPS) is 24.6. The first kappa shape index (κ1) is 12.0. The lowest BCUT2D eigenvalue weighted by Crippen LogP contribution is -2.36. The van der Waals surface area contributed by atoms with Crippen LogP contribution in [0, 0.1) is 0 Å². The zero-order valence-corrected chi connectivity index (χ0v) is 10.9. The molecular weight excluding hydrogens is 242 g/mol. The van der Waals surface area contributed by atoms with Gasteiger partial charge in [-0.25, -0.2) is 4.99 Å². The number of aliphatic imine (C=N–C) groups is 1. The Morgan fingerprint density at radius 2 is 2.37 bits per heavy atom. The average Bonchev–Trinajstić information content (AvgIpc) is 2.71. The molecule has 5 nitrogen and oxygen atoms in total. The molecule has 0 fully saturated rings. The number of nitrogens with zero attached hydrogens (tertiary/aromatic N) is 1. The topological polar surface area (TPSA) is 76.7 Å². The maximum absolute atomic E-state index is 11.3. The Hall–Kier alpha value is -2.04. The number of rotatable bonds is 1. The third-order valence-corrected chi connectivity index (χ3v) is 3.79. The summed E-state index contributed by atoms with van der Waals surface area (Å²) >= 11 is 0. The first-order valence-corrected chi connectivity index (χ1v) is 6.44. The minimum Gasteiger partial charge on any atom is -0.463 e. The minimum atomic E-state index is -0.244. The van der Waals surface area contributed by atoms with Gasteiger partial charge < -0.3 is 15.8 Å². The zero-order chi connectivity index (χ0) is 13.5. The summed E-state index contributed by atoms with van der Waals surface area (Å²) in [5.41, 5.74) is 8.71. The molecule has 1 aliphatic carbocycles. The number of benzene rings is 1. The van der Waals surface area contributed by atoms with Crippen molar-refractivity contribution in [3.63, 3.8) is 0 Å². The number of ether oxygens (including phenoxy) is 1. The van der Waals surface area contributed by atoms with Crippen LogP contribution in [0.3, 0.4) is 0 Å².